The lowest BCUT2D eigenvalue weighted by molar-refractivity contribution is -0.116. The van der Waals surface area contributed by atoms with Crippen molar-refractivity contribution < 1.29 is 14.3 Å². The van der Waals surface area contributed by atoms with Crippen LogP contribution in [-0.2, 0) is 17.8 Å². The highest BCUT2D eigenvalue weighted by molar-refractivity contribution is 5.94. The van der Waals surface area contributed by atoms with Crippen molar-refractivity contribution in [1.29, 1.82) is 0 Å². The van der Waals surface area contributed by atoms with Crippen LogP contribution in [0.5, 0.6) is 5.75 Å². The lowest BCUT2D eigenvalue weighted by atomic mass is 10.0. The number of nitrogens with one attached hydrogen (secondary N) is 2. The Labute approximate surface area is 121 Å². The Kier molecular flexibility index (Phi) is 3.48. The van der Waals surface area contributed by atoms with E-state index in [-0.39, 0.29) is 11.7 Å². The van der Waals surface area contributed by atoms with Crippen LogP contribution in [0.1, 0.15) is 17.5 Å². The van der Waals surface area contributed by atoms with Crippen LogP contribution in [0.25, 0.3) is 0 Å². The first-order valence-electron chi connectivity index (χ1n) is 6.75. The lowest BCUT2D eigenvalue weighted by Crippen LogP contribution is -2.18. The largest absolute Gasteiger partial charge is 0.508 e. The Morgan fingerprint density at radius 2 is 2.05 bits per heavy atom. The third kappa shape index (κ3) is 3.13. The zero-order valence-corrected chi connectivity index (χ0v) is 11.3. The van der Waals surface area contributed by atoms with Crippen LogP contribution in [0.3, 0.4) is 0 Å². The summed E-state index contributed by atoms with van der Waals surface area (Å²) in [4.78, 5) is 11.3. The average molecular weight is 286 g/mol. The Morgan fingerprint density at radius 1 is 1.19 bits per heavy atom. The minimum atomic E-state index is -0.458. The van der Waals surface area contributed by atoms with Crippen LogP contribution in [0.4, 0.5) is 15.8 Å². The number of amides is 1. The molecular weight excluding hydrogens is 271 g/mol. The zero-order chi connectivity index (χ0) is 14.8. The molecule has 1 aliphatic heterocycles. The summed E-state index contributed by atoms with van der Waals surface area (Å²) in [5.74, 6) is -0.502. The van der Waals surface area contributed by atoms with Gasteiger partial charge in [0, 0.05) is 30.4 Å². The van der Waals surface area contributed by atoms with Gasteiger partial charge in [-0.25, -0.2) is 4.39 Å². The molecule has 1 aliphatic rings. The normalized spacial score (nSPS) is 13.5. The Bertz CT molecular complexity index is 680. The van der Waals surface area contributed by atoms with E-state index in [1.807, 2.05) is 18.2 Å². The maximum atomic E-state index is 13.2. The number of carbonyl (C=O) groups is 1. The molecule has 0 radical (unpaired) electrons. The summed E-state index contributed by atoms with van der Waals surface area (Å²) in [5.41, 5.74) is 3.49. The van der Waals surface area contributed by atoms with E-state index in [9.17, 15) is 14.3 Å². The van der Waals surface area contributed by atoms with E-state index in [2.05, 4.69) is 10.6 Å². The maximum Gasteiger partial charge on any atom is 0.224 e. The number of benzene rings is 2. The van der Waals surface area contributed by atoms with E-state index in [1.165, 1.54) is 12.1 Å². The predicted octanol–water partition coefficient (Wildman–Crippen LogP) is 3.03. The number of rotatable bonds is 3. The van der Waals surface area contributed by atoms with Crippen molar-refractivity contribution in [3.63, 3.8) is 0 Å². The smallest absolute Gasteiger partial charge is 0.224 e. The number of aromatic hydroxyl groups is 1. The van der Waals surface area contributed by atoms with E-state index in [0.717, 1.165) is 29.4 Å². The van der Waals surface area contributed by atoms with Gasteiger partial charge in [0.15, 0.2) is 0 Å². The molecule has 0 spiro atoms. The Balaban J connectivity index is 1.72. The van der Waals surface area contributed by atoms with Crippen molar-refractivity contribution in [2.45, 2.75) is 19.4 Å². The number of phenols is 1. The molecule has 3 N–H and O–H groups in total. The molecule has 0 saturated heterocycles. The Hall–Kier alpha value is -2.56. The second-order valence-corrected chi connectivity index (χ2v) is 5.09. The summed E-state index contributed by atoms with van der Waals surface area (Å²) in [5, 5.41) is 15.4. The summed E-state index contributed by atoms with van der Waals surface area (Å²) >= 11 is 0. The number of hydrogen-bond acceptors (Lipinski definition) is 3. The first-order chi connectivity index (χ1) is 10.1. The monoisotopic (exact) mass is 286 g/mol. The first-order valence-corrected chi connectivity index (χ1v) is 6.75. The summed E-state index contributed by atoms with van der Waals surface area (Å²) in [6.45, 7) is 0.413. The predicted molar refractivity (Wildman–Crippen MR) is 78.8 cm³/mol. The van der Waals surface area contributed by atoms with E-state index in [1.54, 1.807) is 0 Å². The zero-order valence-electron chi connectivity index (χ0n) is 11.3. The number of aryl methyl sites for hydroxylation is 1. The highest BCUT2D eigenvalue weighted by atomic mass is 19.1. The van der Waals surface area contributed by atoms with Gasteiger partial charge in [-0.05, 0) is 47.9 Å². The molecular formula is C16H15FN2O2. The molecule has 2 aromatic carbocycles. The van der Waals surface area contributed by atoms with E-state index < -0.39 is 5.82 Å². The molecule has 0 aromatic heterocycles. The third-order valence-electron chi connectivity index (χ3n) is 3.44. The van der Waals surface area contributed by atoms with Crippen LogP contribution in [0.2, 0.25) is 0 Å². The van der Waals surface area contributed by atoms with Gasteiger partial charge in [-0.2, -0.15) is 0 Å². The van der Waals surface area contributed by atoms with Crippen molar-refractivity contribution in [1.82, 2.24) is 0 Å². The molecule has 3 rings (SSSR count). The van der Waals surface area contributed by atoms with Gasteiger partial charge in [0.25, 0.3) is 0 Å². The molecule has 2 aromatic rings. The van der Waals surface area contributed by atoms with Gasteiger partial charge in [0.2, 0.25) is 5.91 Å². The van der Waals surface area contributed by atoms with Crippen molar-refractivity contribution in [3.05, 3.63) is 53.3 Å². The summed E-state index contributed by atoms with van der Waals surface area (Å²) in [6.07, 6.45) is 1.21. The van der Waals surface area contributed by atoms with Gasteiger partial charge in [-0.15, -0.1) is 0 Å². The van der Waals surface area contributed by atoms with Gasteiger partial charge in [0.05, 0.1) is 0 Å². The van der Waals surface area contributed by atoms with E-state index in [0.29, 0.717) is 18.5 Å². The van der Waals surface area contributed by atoms with E-state index in [4.69, 9.17) is 0 Å². The minimum Gasteiger partial charge on any atom is -0.508 e. The third-order valence-corrected chi connectivity index (χ3v) is 3.44. The molecule has 0 unspecified atom stereocenters. The molecule has 21 heavy (non-hydrogen) atoms. The minimum absolute atomic E-state index is 0.0402. The molecule has 0 saturated carbocycles. The second kappa shape index (κ2) is 5.44. The first kappa shape index (κ1) is 13.4. The number of hydrogen-bond donors (Lipinski definition) is 3. The van der Waals surface area contributed by atoms with Crippen molar-refractivity contribution >= 4 is 17.3 Å². The van der Waals surface area contributed by atoms with Gasteiger partial charge in [-0.3, -0.25) is 4.79 Å². The van der Waals surface area contributed by atoms with Crippen LogP contribution < -0.4 is 10.6 Å². The molecule has 1 heterocycles. The molecule has 0 fully saturated rings. The molecule has 0 atom stereocenters. The number of phenolic OH excluding ortho intramolecular Hbond substituents is 1. The van der Waals surface area contributed by atoms with Crippen LogP contribution in [0.15, 0.2) is 36.4 Å². The van der Waals surface area contributed by atoms with Gasteiger partial charge in [0.1, 0.15) is 11.6 Å². The summed E-state index contributed by atoms with van der Waals surface area (Å²) in [6, 6.07) is 9.68. The SMILES string of the molecule is O=C1CCc2cc(NCc3cc(O)cc(F)c3)ccc2N1. The topological polar surface area (TPSA) is 61.4 Å². The van der Waals surface area contributed by atoms with E-state index >= 15 is 0 Å². The number of anilines is 2. The molecule has 0 bridgehead atoms. The fourth-order valence-electron chi connectivity index (χ4n) is 2.43. The highest BCUT2D eigenvalue weighted by Crippen LogP contribution is 2.26. The average Bonchev–Trinajstić information content (AvgIpc) is 2.44. The second-order valence-electron chi connectivity index (χ2n) is 5.09. The van der Waals surface area contributed by atoms with Crippen molar-refractivity contribution in [3.8, 4) is 5.75 Å². The van der Waals surface area contributed by atoms with Gasteiger partial charge < -0.3 is 15.7 Å². The number of fused-ring (bicyclic) bond motifs is 1. The van der Waals surface area contributed by atoms with Crippen molar-refractivity contribution in [2.24, 2.45) is 0 Å². The fourth-order valence-corrected chi connectivity index (χ4v) is 2.43. The Morgan fingerprint density at radius 3 is 2.86 bits per heavy atom. The quantitative estimate of drug-likeness (QED) is 0.812. The highest BCUT2D eigenvalue weighted by Gasteiger charge is 2.14. The van der Waals surface area contributed by atoms with Crippen molar-refractivity contribution in [2.75, 3.05) is 10.6 Å². The fraction of sp³-hybridized carbons (Fsp3) is 0.188. The number of carbonyl (C=O) groups excluding carboxylic acids is 1. The molecule has 0 aliphatic carbocycles. The molecule has 5 heteroatoms. The van der Waals surface area contributed by atoms with Crippen LogP contribution in [-0.4, -0.2) is 11.0 Å². The molecule has 1 amide bonds. The summed E-state index contributed by atoms with van der Waals surface area (Å²) < 4.78 is 13.2. The number of halogens is 1. The standard InChI is InChI=1S/C16H15FN2O2/c17-12-5-10(6-14(20)8-12)9-18-13-2-3-15-11(7-13)1-4-16(21)19-15/h2-3,5-8,18,20H,1,4,9H2,(H,19,21). The lowest BCUT2D eigenvalue weighted by Gasteiger charge is -2.18. The molecule has 108 valence electrons. The van der Waals surface area contributed by atoms with Gasteiger partial charge in [-0.1, -0.05) is 0 Å². The maximum absolute atomic E-state index is 13.2. The molecule has 4 nitrogen and oxygen atoms in total. The van der Waals surface area contributed by atoms with Gasteiger partial charge >= 0.3 is 0 Å². The van der Waals surface area contributed by atoms with Crippen LogP contribution in [0, 0.1) is 5.82 Å². The van der Waals surface area contributed by atoms with Crippen LogP contribution >= 0.6 is 0 Å². The summed E-state index contributed by atoms with van der Waals surface area (Å²) in [7, 11) is 0.